The third-order valence-electron chi connectivity index (χ3n) is 4.34. The summed E-state index contributed by atoms with van der Waals surface area (Å²) in [5.41, 5.74) is 0.267. The van der Waals surface area contributed by atoms with Crippen molar-refractivity contribution in [2.75, 3.05) is 19.0 Å². The lowest BCUT2D eigenvalue weighted by atomic mass is 10.2. The topological polar surface area (TPSA) is 166 Å². The van der Waals surface area contributed by atoms with Crippen LogP contribution in [0.4, 0.5) is 11.4 Å². The fourth-order valence-electron chi connectivity index (χ4n) is 2.82. The number of nitro groups is 1. The van der Waals surface area contributed by atoms with Crippen LogP contribution < -0.4 is 14.8 Å². The van der Waals surface area contributed by atoms with Gasteiger partial charge in [-0.05, 0) is 25.1 Å². The molecular formula is C19H18N4O8S. The van der Waals surface area contributed by atoms with Crippen LogP contribution in [0.15, 0.2) is 52.4 Å². The number of non-ortho nitro benzene ring substituents is 1. The number of carbonyl (C=O) groups is 2. The average molecular weight is 462 g/mol. The Bertz CT molecular complexity index is 1230. The number of nitrogens with one attached hydrogen (secondary N) is 2. The average Bonchev–Trinajstić information content (AvgIpc) is 3.02. The molecule has 2 aromatic rings. The van der Waals surface area contributed by atoms with Crippen LogP contribution in [0.25, 0.3) is 0 Å². The molecule has 3 rings (SSSR count). The fourth-order valence-corrected chi connectivity index (χ4v) is 4.06. The number of sulfonamides is 1. The first-order chi connectivity index (χ1) is 15.1. The Balaban J connectivity index is 1.62. The molecule has 13 heteroatoms. The van der Waals surface area contributed by atoms with Crippen molar-refractivity contribution in [3.63, 3.8) is 0 Å². The highest BCUT2D eigenvalue weighted by molar-refractivity contribution is 7.90. The van der Waals surface area contributed by atoms with Gasteiger partial charge in [-0.15, -0.1) is 0 Å². The van der Waals surface area contributed by atoms with Crippen molar-refractivity contribution in [3.8, 4) is 5.75 Å². The molecule has 1 aliphatic rings. The van der Waals surface area contributed by atoms with E-state index in [2.05, 4.69) is 15.0 Å². The molecule has 12 nitrogen and oxygen atoms in total. The Morgan fingerprint density at radius 1 is 1.25 bits per heavy atom. The molecule has 0 aromatic heterocycles. The van der Waals surface area contributed by atoms with Crippen molar-refractivity contribution < 1.29 is 32.4 Å². The summed E-state index contributed by atoms with van der Waals surface area (Å²) in [7, 11) is -2.47. The van der Waals surface area contributed by atoms with E-state index in [0.717, 1.165) is 6.07 Å². The van der Waals surface area contributed by atoms with Crippen molar-refractivity contribution in [2.45, 2.75) is 17.9 Å². The predicted molar refractivity (Wildman–Crippen MR) is 112 cm³/mol. The minimum atomic E-state index is -3.75. The maximum Gasteiger partial charge on any atom is 0.331 e. The van der Waals surface area contributed by atoms with E-state index in [1.54, 1.807) is 18.2 Å². The number of esters is 1. The number of carbonyl (C=O) groups excluding carboxylic acids is 2. The molecule has 0 bridgehead atoms. The number of hydrogen-bond donors (Lipinski definition) is 2. The van der Waals surface area contributed by atoms with Gasteiger partial charge < -0.3 is 14.8 Å². The Labute approximate surface area is 182 Å². The van der Waals surface area contributed by atoms with E-state index in [-0.39, 0.29) is 27.9 Å². The molecule has 0 unspecified atom stereocenters. The third kappa shape index (κ3) is 4.83. The van der Waals surface area contributed by atoms with Gasteiger partial charge >= 0.3 is 5.97 Å². The first kappa shape index (κ1) is 22.7. The molecule has 0 fully saturated rings. The normalized spacial score (nSPS) is 15.9. The minimum absolute atomic E-state index is 0.00474. The van der Waals surface area contributed by atoms with Gasteiger partial charge in [0.25, 0.3) is 21.6 Å². The van der Waals surface area contributed by atoms with E-state index < -0.39 is 39.5 Å². The van der Waals surface area contributed by atoms with Crippen LogP contribution in [0, 0.1) is 10.1 Å². The number of methoxy groups -OCH3 is 1. The molecule has 1 amide bonds. The highest BCUT2D eigenvalue weighted by Crippen LogP contribution is 2.29. The van der Waals surface area contributed by atoms with Gasteiger partial charge in [-0.1, -0.05) is 12.1 Å². The van der Waals surface area contributed by atoms with E-state index in [0.29, 0.717) is 5.56 Å². The monoisotopic (exact) mass is 462 g/mol. The largest absolute Gasteiger partial charge is 0.494 e. The predicted octanol–water partition coefficient (Wildman–Crippen LogP) is 1.21. The molecule has 1 heterocycles. The second kappa shape index (κ2) is 9.01. The van der Waals surface area contributed by atoms with Gasteiger partial charge in [-0.25, -0.2) is 13.2 Å². The molecule has 168 valence electrons. The van der Waals surface area contributed by atoms with E-state index in [4.69, 9.17) is 9.47 Å². The number of anilines is 1. The van der Waals surface area contributed by atoms with Crippen molar-refractivity contribution in [1.82, 2.24) is 4.72 Å². The Morgan fingerprint density at radius 3 is 2.66 bits per heavy atom. The standard InChI is InChI=1S/C19H18N4O8S/c1-11(20-18-13-5-3-4-6-16(13)32(28,29)22-18)19(25)31-10-17(24)21-14-8-7-12(23(26)27)9-15(14)30-2/h3-9,11H,10H2,1-2H3,(H,20,22)(H,21,24)/t11-/m0/s1. The van der Waals surface area contributed by atoms with Gasteiger partial charge in [0.2, 0.25) is 0 Å². The van der Waals surface area contributed by atoms with E-state index in [9.17, 15) is 28.1 Å². The Hall–Kier alpha value is -4.00. The van der Waals surface area contributed by atoms with Crippen molar-refractivity contribution >= 4 is 39.1 Å². The Kier molecular flexibility index (Phi) is 6.39. The van der Waals surface area contributed by atoms with Crippen molar-refractivity contribution in [2.24, 2.45) is 4.99 Å². The zero-order valence-electron chi connectivity index (χ0n) is 16.9. The second-order valence-electron chi connectivity index (χ2n) is 6.55. The highest BCUT2D eigenvalue weighted by atomic mass is 32.2. The lowest BCUT2D eigenvalue weighted by Gasteiger charge is -2.11. The number of nitro benzene ring substituents is 1. The SMILES string of the molecule is COc1cc([N+](=O)[O-])ccc1NC(=O)COC(=O)[C@H](C)N=C1NS(=O)(=O)c2ccccc21. The molecule has 2 N–H and O–H groups in total. The van der Waals surface area contributed by atoms with Crippen LogP contribution >= 0.6 is 0 Å². The molecule has 0 spiro atoms. The van der Waals surface area contributed by atoms with Crippen LogP contribution in [0.2, 0.25) is 0 Å². The Morgan fingerprint density at radius 2 is 1.97 bits per heavy atom. The summed E-state index contributed by atoms with van der Waals surface area (Å²) in [4.78, 5) is 38.7. The lowest BCUT2D eigenvalue weighted by molar-refractivity contribution is -0.384. The molecule has 1 aliphatic heterocycles. The number of ether oxygens (including phenoxy) is 2. The third-order valence-corrected chi connectivity index (χ3v) is 5.74. The number of amidine groups is 1. The summed E-state index contributed by atoms with van der Waals surface area (Å²) in [5, 5.41) is 13.3. The van der Waals surface area contributed by atoms with E-state index in [1.165, 1.54) is 32.2 Å². The van der Waals surface area contributed by atoms with Crippen LogP contribution in [-0.4, -0.2) is 50.8 Å². The zero-order chi connectivity index (χ0) is 23.5. The molecule has 1 atom stereocenters. The van der Waals surface area contributed by atoms with Crippen molar-refractivity contribution in [1.29, 1.82) is 0 Å². The van der Waals surface area contributed by atoms with Crippen LogP contribution in [0.1, 0.15) is 12.5 Å². The summed E-state index contributed by atoms with van der Waals surface area (Å²) < 4.78 is 36.4. The van der Waals surface area contributed by atoms with Crippen LogP contribution in [0.3, 0.4) is 0 Å². The van der Waals surface area contributed by atoms with Gasteiger partial charge in [-0.3, -0.25) is 24.6 Å². The number of aliphatic imine (C=N–C) groups is 1. The second-order valence-corrected chi connectivity index (χ2v) is 8.20. The number of fused-ring (bicyclic) bond motifs is 1. The molecular weight excluding hydrogens is 444 g/mol. The van der Waals surface area contributed by atoms with Crippen LogP contribution in [0.5, 0.6) is 5.75 Å². The van der Waals surface area contributed by atoms with Gasteiger partial charge in [0.05, 0.1) is 28.7 Å². The summed E-state index contributed by atoms with van der Waals surface area (Å²) >= 11 is 0. The molecule has 0 saturated heterocycles. The minimum Gasteiger partial charge on any atom is -0.494 e. The van der Waals surface area contributed by atoms with E-state index >= 15 is 0 Å². The van der Waals surface area contributed by atoms with Crippen LogP contribution in [-0.2, 0) is 24.3 Å². The first-order valence-corrected chi connectivity index (χ1v) is 10.6. The summed E-state index contributed by atoms with van der Waals surface area (Å²) in [6.45, 7) is 0.734. The molecule has 0 radical (unpaired) electrons. The number of rotatable bonds is 7. The van der Waals surface area contributed by atoms with Crippen molar-refractivity contribution in [3.05, 3.63) is 58.1 Å². The summed E-state index contributed by atoms with van der Waals surface area (Å²) in [6.07, 6.45) is 0. The number of hydrogen-bond acceptors (Lipinski definition) is 9. The van der Waals surface area contributed by atoms with Gasteiger partial charge in [0, 0.05) is 11.6 Å². The zero-order valence-corrected chi connectivity index (χ0v) is 17.7. The summed E-state index contributed by atoms with van der Waals surface area (Å²) in [6, 6.07) is 8.68. The highest BCUT2D eigenvalue weighted by Gasteiger charge is 2.31. The number of benzene rings is 2. The molecule has 2 aromatic carbocycles. The lowest BCUT2D eigenvalue weighted by Crippen LogP contribution is -2.28. The molecule has 0 saturated carbocycles. The van der Waals surface area contributed by atoms with E-state index in [1.807, 2.05) is 0 Å². The number of amides is 1. The maximum atomic E-state index is 12.2. The number of nitrogens with zero attached hydrogens (tertiary/aromatic N) is 2. The first-order valence-electron chi connectivity index (χ1n) is 9.11. The van der Waals surface area contributed by atoms with Gasteiger partial charge in [0.1, 0.15) is 17.6 Å². The molecule has 0 aliphatic carbocycles. The molecule has 32 heavy (non-hydrogen) atoms. The van der Waals surface area contributed by atoms with Gasteiger partial charge in [-0.2, -0.15) is 0 Å². The quantitative estimate of drug-likeness (QED) is 0.352. The maximum absolute atomic E-state index is 12.2. The summed E-state index contributed by atoms with van der Waals surface area (Å²) in [5.74, 6) is -1.50. The smallest absolute Gasteiger partial charge is 0.331 e. The fraction of sp³-hybridized carbons (Fsp3) is 0.211. The van der Waals surface area contributed by atoms with Gasteiger partial charge in [0.15, 0.2) is 6.61 Å².